The molecular weight excluding hydrogens is 475 g/mol. The van der Waals surface area contributed by atoms with Crippen molar-refractivity contribution in [1.82, 2.24) is 0 Å². The molecule has 4 rings (SSSR count). The van der Waals surface area contributed by atoms with Crippen molar-refractivity contribution in [2.45, 2.75) is 91.4 Å². The molecule has 2 aliphatic carbocycles. The number of carbonyl (C=O) groups excluding carboxylic acids is 1. The van der Waals surface area contributed by atoms with Crippen LogP contribution >= 0.6 is 11.3 Å². The lowest BCUT2D eigenvalue weighted by molar-refractivity contribution is -0.122. The fourth-order valence-electron chi connectivity index (χ4n) is 6.43. The van der Waals surface area contributed by atoms with E-state index in [2.05, 4.69) is 51.1 Å². The van der Waals surface area contributed by atoms with Crippen LogP contribution in [0.3, 0.4) is 0 Å². The van der Waals surface area contributed by atoms with Crippen molar-refractivity contribution in [3.05, 3.63) is 75.8 Å². The third-order valence-electron chi connectivity index (χ3n) is 8.87. The van der Waals surface area contributed by atoms with E-state index in [-0.39, 0.29) is 11.7 Å². The highest BCUT2D eigenvalue weighted by Crippen LogP contribution is 2.39. The molecule has 0 saturated heterocycles. The number of thiophene rings is 1. The highest BCUT2D eigenvalue weighted by atomic mass is 32.1. The van der Waals surface area contributed by atoms with Gasteiger partial charge in [-0.15, -0.1) is 11.3 Å². The Kier molecular flexibility index (Phi) is 10.4. The monoisotopic (exact) mass is 520 g/mol. The van der Waals surface area contributed by atoms with Crippen molar-refractivity contribution in [2.24, 2.45) is 29.6 Å². The zero-order chi connectivity index (χ0) is 26.2. The summed E-state index contributed by atoms with van der Waals surface area (Å²) < 4.78 is 13.3. The van der Waals surface area contributed by atoms with Gasteiger partial charge >= 0.3 is 0 Å². The first kappa shape index (κ1) is 28.0. The predicted octanol–water partition coefficient (Wildman–Crippen LogP) is 9.86. The minimum absolute atomic E-state index is 0.103. The Hall–Kier alpha value is -2.00. The number of allylic oxidation sites excluding steroid dienone is 4. The van der Waals surface area contributed by atoms with Crippen LogP contribution in [0.2, 0.25) is 0 Å². The van der Waals surface area contributed by atoms with E-state index in [1.807, 2.05) is 23.5 Å². The fraction of sp³-hybridized carbons (Fsp3) is 0.559. The van der Waals surface area contributed by atoms with Gasteiger partial charge in [0, 0.05) is 22.1 Å². The molecule has 4 unspecified atom stereocenters. The van der Waals surface area contributed by atoms with Crippen molar-refractivity contribution >= 4 is 22.7 Å². The quantitative estimate of drug-likeness (QED) is 0.301. The van der Waals surface area contributed by atoms with Gasteiger partial charge in [-0.25, -0.2) is 4.39 Å². The molecule has 0 fully saturated rings. The Morgan fingerprint density at radius 2 is 1.76 bits per heavy atom. The zero-order valence-electron chi connectivity index (χ0n) is 23.1. The van der Waals surface area contributed by atoms with E-state index in [0.717, 1.165) is 56.9 Å². The van der Waals surface area contributed by atoms with E-state index >= 15 is 0 Å². The minimum atomic E-state index is -0.168. The number of carbonyl (C=O) groups is 1. The van der Waals surface area contributed by atoms with Crippen LogP contribution in [0.1, 0.15) is 93.9 Å². The van der Waals surface area contributed by atoms with Crippen LogP contribution in [0, 0.1) is 35.4 Å². The van der Waals surface area contributed by atoms with Gasteiger partial charge in [-0.2, -0.15) is 0 Å². The van der Waals surface area contributed by atoms with Gasteiger partial charge in [0.05, 0.1) is 0 Å². The third-order valence-corrected chi connectivity index (χ3v) is 10.2. The minimum Gasteiger partial charge on any atom is -0.299 e. The molecule has 0 aliphatic heterocycles. The number of Topliss-reactive ketones (excluding diaryl/α,β-unsaturated/α-hetero) is 1. The molecular formula is C34H45FOS. The molecule has 0 bridgehead atoms. The summed E-state index contributed by atoms with van der Waals surface area (Å²) in [6.07, 6.45) is 18.9. The summed E-state index contributed by atoms with van der Waals surface area (Å²) in [6, 6.07) is 11.5. The van der Waals surface area contributed by atoms with Crippen LogP contribution < -0.4 is 0 Å². The Morgan fingerprint density at radius 1 is 0.973 bits per heavy atom. The number of benzene rings is 1. The van der Waals surface area contributed by atoms with E-state index in [1.165, 1.54) is 34.6 Å². The maximum atomic E-state index is 13.3. The smallest absolute Gasteiger partial charge is 0.139 e. The van der Waals surface area contributed by atoms with E-state index in [9.17, 15) is 9.18 Å². The van der Waals surface area contributed by atoms with E-state index < -0.39 is 0 Å². The first-order chi connectivity index (χ1) is 17.9. The fourth-order valence-corrected chi connectivity index (χ4v) is 7.43. The molecule has 1 nitrogen and oxygen atoms in total. The molecule has 5 atom stereocenters. The number of ketones is 1. The Morgan fingerprint density at radius 3 is 2.49 bits per heavy atom. The zero-order valence-corrected chi connectivity index (χ0v) is 23.9. The predicted molar refractivity (Wildman–Crippen MR) is 156 cm³/mol. The lowest BCUT2D eigenvalue weighted by Gasteiger charge is -2.30. The molecule has 0 saturated carbocycles. The van der Waals surface area contributed by atoms with Crippen LogP contribution in [0.15, 0.2) is 54.6 Å². The molecule has 1 aromatic heterocycles. The molecule has 3 heteroatoms. The van der Waals surface area contributed by atoms with E-state index in [1.54, 1.807) is 12.1 Å². The van der Waals surface area contributed by atoms with Crippen molar-refractivity contribution in [3.63, 3.8) is 0 Å². The van der Waals surface area contributed by atoms with Gasteiger partial charge in [0.25, 0.3) is 0 Å². The van der Waals surface area contributed by atoms with Crippen LogP contribution in [0.4, 0.5) is 4.39 Å². The summed E-state index contributed by atoms with van der Waals surface area (Å²) in [6.45, 7) is 6.91. The highest BCUT2D eigenvalue weighted by molar-refractivity contribution is 7.11. The summed E-state index contributed by atoms with van der Waals surface area (Å²) in [7, 11) is 0. The van der Waals surface area contributed by atoms with Crippen molar-refractivity contribution in [1.29, 1.82) is 0 Å². The number of hydrogen-bond acceptors (Lipinski definition) is 2. The maximum absolute atomic E-state index is 13.3. The second-order valence-electron chi connectivity index (χ2n) is 11.6. The molecule has 0 spiro atoms. The summed E-state index contributed by atoms with van der Waals surface area (Å²) in [5.74, 6) is 2.87. The van der Waals surface area contributed by atoms with Crippen LogP contribution in [-0.4, -0.2) is 5.78 Å². The number of hydrogen-bond donors (Lipinski definition) is 0. The Bertz CT molecular complexity index is 1060. The van der Waals surface area contributed by atoms with Crippen LogP contribution in [0.25, 0.3) is 5.57 Å². The third kappa shape index (κ3) is 7.99. The van der Waals surface area contributed by atoms with Gasteiger partial charge in [-0.05, 0) is 123 Å². The molecule has 1 heterocycles. The first-order valence-electron chi connectivity index (χ1n) is 14.7. The molecule has 0 amide bonds. The SMILES string of the molecule is CCc1ccc(CCCC2/C=C/CC(C)C(CCC3CC=C(c4ccc(F)cc4)[C@@H](C)C3)CCC2=O)s1. The van der Waals surface area contributed by atoms with Gasteiger partial charge < -0.3 is 0 Å². The molecule has 0 N–H and O–H groups in total. The average Bonchev–Trinajstić information content (AvgIpc) is 3.37. The molecule has 37 heavy (non-hydrogen) atoms. The second kappa shape index (κ2) is 13.7. The number of halogens is 1. The molecule has 2 aromatic rings. The van der Waals surface area contributed by atoms with Crippen LogP contribution in [-0.2, 0) is 17.6 Å². The Labute approximate surface area is 228 Å². The van der Waals surface area contributed by atoms with Gasteiger partial charge in [-0.1, -0.05) is 51.1 Å². The molecule has 1 aromatic carbocycles. The first-order valence-corrected chi connectivity index (χ1v) is 15.5. The number of aryl methyl sites for hydroxylation is 2. The molecule has 200 valence electrons. The Balaban J connectivity index is 1.25. The normalized spacial score (nSPS) is 27.7. The number of rotatable bonds is 9. The largest absolute Gasteiger partial charge is 0.299 e. The molecule has 0 radical (unpaired) electrons. The average molecular weight is 521 g/mol. The van der Waals surface area contributed by atoms with Crippen molar-refractivity contribution in [2.75, 3.05) is 0 Å². The van der Waals surface area contributed by atoms with Crippen molar-refractivity contribution in [3.8, 4) is 0 Å². The summed E-state index contributed by atoms with van der Waals surface area (Å²) >= 11 is 1.93. The summed E-state index contributed by atoms with van der Waals surface area (Å²) in [5, 5.41) is 0. The summed E-state index contributed by atoms with van der Waals surface area (Å²) in [4.78, 5) is 16.0. The van der Waals surface area contributed by atoms with Crippen molar-refractivity contribution < 1.29 is 9.18 Å². The van der Waals surface area contributed by atoms with E-state index in [0.29, 0.717) is 29.5 Å². The standard InChI is InChI=1S/C34H45FOS/c1-4-31-19-20-32(37-31)10-6-9-29-8-5-7-24(2)27(16-22-34(29)36)13-11-26-12-21-33(25(3)23-26)28-14-17-30(35)18-15-28/h5,8,14-15,17-21,24-27,29H,4,6-7,9-13,16,22-23H2,1-3H3/b8-5+/t24?,25-,26?,27?,29?/m0/s1. The highest BCUT2D eigenvalue weighted by Gasteiger charge is 2.26. The topological polar surface area (TPSA) is 17.1 Å². The van der Waals surface area contributed by atoms with Gasteiger partial charge in [0.2, 0.25) is 0 Å². The van der Waals surface area contributed by atoms with E-state index in [4.69, 9.17) is 0 Å². The maximum Gasteiger partial charge on any atom is 0.139 e. The van der Waals surface area contributed by atoms with Crippen LogP contribution in [0.5, 0.6) is 0 Å². The lowest BCUT2D eigenvalue weighted by atomic mass is 9.75. The molecule has 2 aliphatic rings. The van der Waals surface area contributed by atoms with Gasteiger partial charge in [0.1, 0.15) is 11.6 Å². The van der Waals surface area contributed by atoms with Gasteiger partial charge in [-0.3, -0.25) is 4.79 Å². The second-order valence-corrected chi connectivity index (χ2v) is 12.9. The lowest BCUT2D eigenvalue weighted by Crippen LogP contribution is -2.18. The van der Waals surface area contributed by atoms with Gasteiger partial charge in [0.15, 0.2) is 0 Å². The summed E-state index contributed by atoms with van der Waals surface area (Å²) in [5.41, 5.74) is 2.54.